The van der Waals surface area contributed by atoms with E-state index in [-0.39, 0.29) is 25.7 Å². The van der Waals surface area contributed by atoms with Crippen molar-refractivity contribution >= 4 is 10.0 Å². The molecule has 0 amide bonds. The summed E-state index contributed by atoms with van der Waals surface area (Å²) in [5.41, 5.74) is -4.73. The highest BCUT2D eigenvalue weighted by Crippen LogP contribution is 2.33. The minimum absolute atomic E-state index is 0.0146. The van der Waals surface area contributed by atoms with Crippen LogP contribution in [0.15, 0.2) is 24.3 Å². The molecule has 1 heterocycles. The lowest BCUT2D eigenvalue weighted by Crippen LogP contribution is -2.54. The maximum Gasteiger partial charge on any atom is 0.511 e. The summed E-state index contributed by atoms with van der Waals surface area (Å²) in [5, 5.41) is 0. The number of halogens is 4. The number of hydrogen-bond donors (Lipinski definition) is 0. The van der Waals surface area contributed by atoms with Gasteiger partial charge in [-0.2, -0.15) is 17.5 Å². The Labute approximate surface area is 132 Å². The molecule has 0 spiro atoms. The van der Waals surface area contributed by atoms with Crippen LogP contribution in [0.4, 0.5) is 17.6 Å². The zero-order chi connectivity index (χ0) is 17.4. The third-order valence-electron chi connectivity index (χ3n) is 3.93. The van der Waals surface area contributed by atoms with Crippen molar-refractivity contribution in [3.63, 3.8) is 0 Å². The third-order valence-corrected chi connectivity index (χ3v) is 5.53. The van der Waals surface area contributed by atoms with E-state index in [1.807, 2.05) is 18.7 Å². The van der Waals surface area contributed by atoms with E-state index in [9.17, 15) is 26.0 Å². The SMILES string of the molecule is CC(C)N1CCN(S(=O)(=O)C(F)(F)F)C[C@H]1c1ccc(F)cc1. The van der Waals surface area contributed by atoms with Crippen LogP contribution in [0, 0.1) is 5.82 Å². The summed E-state index contributed by atoms with van der Waals surface area (Å²) < 4.78 is 75.1. The minimum atomic E-state index is -5.37. The van der Waals surface area contributed by atoms with Crippen LogP contribution in [0.5, 0.6) is 0 Å². The van der Waals surface area contributed by atoms with E-state index in [2.05, 4.69) is 0 Å². The fourth-order valence-corrected chi connectivity index (χ4v) is 3.69. The maximum atomic E-state index is 13.1. The molecular formula is C14H18F4N2O2S. The van der Waals surface area contributed by atoms with Crippen molar-refractivity contribution in [2.75, 3.05) is 19.6 Å². The Kier molecular flexibility index (Phi) is 5.03. The summed E-state index contributed by atoms with van der Waals surface area (Å²) in [4.78, 5) is 1.91. The first-order chi connectivity index (χ1) is 10.5. The van der Waals surface area contributed by atoms with Gasteiger partial charge in [0.25, 0.3) is 0 Å². The molecule has 1 atom stereocenters. The number of sulfonamides is 1. The molecule has 1 aliphatic heterocycles. The molecule has 0 aliphatic carbocycles. The molecule has 1 saturated heterocycles. The number of hydrogen-bond acceptors (Lipinski definition) is 3. The van der Waals surface area contributed by atoms with E-state index in [4.69, 9.17) is 0 Å². The Hall–Kier alpha value is -1.19. The topological polar surface area (TPSA) is 40.6 Å². The normalized spacial score (nSPS) is 21.8. The highest BCUT2D eigenvalue weighted by molar-refractivity contribution is 7.90. The van der Waals surface area contributed by atoms with Crippen molar-refractivity contribution in [1.82, 2.24) is 9.21 Å². The van der Waals surface area contributed by atoms with Crippen molar-refractivity contribution in [3.05, 3.63) is 35.6 Å². The lowest BCUT2D eigenvalue weighted by atomic mass is 10.0. The average Bonchev–Trinajstić information content (AvgIpc) is 2.46. The Bertz CT molecular complexity index is 644. The van der Waals surface area contributed by atoms with Crippen molar-refractivity contribution in [1.29, 1.82) is 0 Å². The molecule has 1 fully saturated rings. The molecule has 0 radical (unpaired) electrons. The fraction of sp³-hybridized carbons (Fsp3) is 0.571. The van der Waals surface area contributed by atoms with Gasteiger partial charge in [0.2, 0.25) is 0 Å². The Morgan fingerprint density at radius 2 is 1.70 bits per heavy atom. The largest absolute Gasteiger partial charge is 0.511 e. The summed E-state index contributed by atoms with van der Waals surface area (Å²) in [5.74, 6) is -0.458. The standard InChI is InChI=1S/C14H18F4N2O2S/c1-10(2)20-8-7-19(23(21,22)14(16,17)18)9-13(20)11-3-5-12(15)6-4-11/h3-6,10,13H,7-9H2,1-2H3/t13-/m0/s1. The molecule has 0 aromatic heterocycles. The van der Waals surface area contributed by atoms with E-state index in [1.165, 1.54) is 24.3 Å². The summed E-state index contributed by atoms with van der Waals surface area (Å²) in [6.07, 6.45) is 0. The summed E-state index contributed by atoms with van der Waals surface area (Å²) >= 11 is 0. The molecule has 0 N–H and O–H groups in total. The first-order valence-electron chi connectivity index (χ1n) is 7.11. The quantitative estimate of drug-likeness (QED) is 0.784. The van der Waals surface area contributed by atoms with Crippen molar-refractivity contribution in [2.45, 2.75) is 31.4 Å². The van der Waals surface area contributed by atoms with Crippen LogP contribution in [0.2, 0.25) is 0 Å². The van der Waals surface area contributed by atoms with Crippen LogP contribution >= 0.6 is 0 Å². The molecule has 0 saturated carbocycles. The van der Waals surface area contributed by atoms with Gasteiger partial charge >= 0.3 is 15.5 Å². The molecule has 1 aromatic carbocycles. The second-order valence-electron chi connectivity index (χ2n) is 5.71. The van der Waals surface area contributed by atoms with Gasteiger partial charge in [0.1, 0.15) is 5.82 Å². The van der Waals surface area contributed by atoms with E-state index in [0.717, 1.165) is 0 Å². The molecule has 0 unspecified atom stereocenters. The summed E-state index contributed by atoms with van der Waals surface area (Å²) in [6, 6.07) is 4.83. The molecule has 2 rings (SSSR count). The molecule has 1 aliphatic rings. The van der Waals surface area contributed by atoms with Gasteiger partial charge in [-0.15, -0.1) is 0 Å². The number of benzene rings is 1. The predicted molar refractivity (Wildman–Crippen MR) is 77.5 cm³/mol. The van der Waals surface area contributed by atoms with Gasteiger partial charge in [-0.1, -0.05) is 12.1 Å². The van der Waals surface area contributed by atoms with Crippen molar-refractivity contribution < 1.29 is 26.0 Å². The maximum absolute atomic E-state index is 13.1. The van der Waals surface area contributed by atoms with Crippen LogP contribution in [-0.2, 0) is 10.0 Å². The Morgan fingerprint density at radius 3 is 2.17 bits per heavy atom. The first-order valence-corrected chi connectivity index (χ1v) is 8.55. The van der Waals surface area contributed by atoms with Crippen LogP contribution in [0.1, 0.15) is 25.5 Å². The molecule has 1 aromatic rings. The van der Waals surface area contributed by atoms with Crippen molar-refractivity contribution in [2.24, 2.45) is 0 Å². The van der Waals surface area contributed by atoms with Gasteiger partial charge < -0.3 is 0 Å². The van der Waals surface area contributed by atoms with Gasteiger partial charge in [0.15, 0.2) is 0 Å². The highest BCUT2D eigenvalue weighted by Gasteiger charge is 2.51. The average molecular weight is 354 g/mol. The van der Waals surface area contributed by atoms with Gasteiger partial charge in [-0.05, 0) is 31.5 Å². The first kappa shape index (κ1) is 18.2. The van der Waals surface area contributed by atoms with E-state index in [0.29, 0.717) is 9.87 Å². The van der Waals surface area contributed by atoms with Crippen LogP contribution < -0.4 is 0 Å². The lowest BCUT2D eigenvalue weighted by Gasteiger charge is -2.43. The lowest BCUT2D eigenvalue weighted by molar-refractivity contribution is -0.0515. The molecule has 4 nitrogen and oxygen atoms in total. The van der Waals surface area contributed by atoms with Gasteiger partial charge in [-0.3, -0.25) is 4.90 Å². The van der Waals surface area contributed by atoms with Crippen LogP contribution in [0.3, 0.4) is 0 Å². The van der Waals surface area contributed by atoms with Crippen molar-refractivity contribution in [3.8, 4) is 0 Å². The highest BCUT2D eigenvalue weighted by atomic mass is 32.2. The number of rotatable bonds is 3. The Balaban J connectivity index is 2.34. The molecule has 9 heteroatoms. The predicted octanol–water partition coefficient (Wildman–Crippen LogP) is 2.74. The molecule has 23 heavy (non-hydrogen) atoms. The number of alkyl halides is 3. The Morgan fingerprint density at radius 1 is 1.13 bits per heavy atom. The smallest absolute Gasteiger partial charge is 0.291 e. The number of nitrogens with zero attached hydrogens (tertiary/aromatic N) is 2. The second kappa shape index (κ2) is 6.37. The third kappa shape index (κ3) is 3.67. The van der Waals surface area contributed by atoms with Gasteiger partial charge in [0.05, 0.1) is 0 Å². The van der Waals surface area contributed by atoms with E-state index in [1.54, 1.807) is 0 Å². The minimum Gasteiger partial charge on any atom is -0.291 e. The van der Waals surface area contributed by atoms with E-state index < -0.39 is 27.4 Å². The van der Waals surface area contributed by atoms with Gasteiger partial charge in [0, 0.05) is 31.7 Å². The monoisotopic (exact) mass is 354 g/mol. The molecular weight excluding hydrogens is 336 g/mol. The molecule has 0 bridgehead atoms. The van der Waals surface area contributed by atoms with Crippen LogP contribution in [-0.4, -0.2) is 48.8 Å². The summed E-state index contributed by atoms with van der Waals surface area (Å²) in [7, 11) is -5.37. The number of piperazine rings is 1. The van der Waals surface area contributed by atoms with E-state index >= 15 is 0 Å². The van der Waals surface area contributed by atoms with Crippen LogP contribution in [0.25, 0.3) is 0 Å². The van der Waals surface area contributed by atoms with Gasteiger partial charge in [-0.25, -0.2) is 12.8 Å². The fourth-order valence-electron chi connectivity index (χ4n) is 2.74. The second-order valence-corrected chi connectivity index (χ2v) is 7.64. The summed E-state index contributed by atoms with van der Waals surface area (Å²) in [6.45, 7) is 3.40. The zero-order valence-corrected chi connectivity index (χ0v) is 13.5. The molecule has 130 valence electrons. The zero-order valence-electron chi connectivity index (χ0n) is 12.7.